The number of carbonyl (C=O) groups is 2. The number of likely N-dealkylation sites (tertiary alicyclic amines) is 1. The Hall–Kier alpha value is -2.18. The summed E-state index contributed by atoms with van der Waals surface area (Å²) < 4.78 is 5.02. The van der Waals surface area contributed by atoms with E-state index >= 15 is 0 Å². The second kappa shape index (κ2) is 7.59. The van der Waals surface area contributed by atoms with Crippen LogP contribution in [0.2, 0.25) is 0 Å². The van der Waals surface area contributed by atoms with Gasteiger partial charge in [-0.15, -0.1) is 11.7 Å². The highest BCUT2D eigenvalue weighted by Crippen LogP contribution is 2.35. The van der Waals surface area contributed by atoms with Gasteiger partial charge in [-0.25, -0.2) is 4.79 Å². The maximum atomic E-state index is 12.8. The third-order valence-electron chi connectivity index (χ3n) is 4.26. The van der Waals surface area contributed by atoms with Gasteiger partial charge < -0.3 is 9.64 Å². The number of H-pyrrole nitrogens is 1. The number of nitrogens with one attached hydrogen (secondary N) is 1. The molecule has 0 aliphatic carbocycles. The lowest BCUT2D eigenvalue weighted by Gasteiger charge is -2.29. The molecule has 132 valence electrons. The van der Waals surface area contributed by atoms with Gasteiger partial charge in [0.1, 0.15) is 5.69 Å². The number of aromatic amines is 1. The molecule has 0 aromatic carbocycles. The van der Waals surface area contributed by atoms with Crippen molar-refractivity contribution in [1.29, 1.82) is 0 Å². The zero-order chi connectivity index (χ0) is 17.7. The highest BCUT2D eigenvalue weighted by Gasteiger charge is 2.37. The van der Waals surface area contributed by atoms with Crippen molar-refractivity contribution in [2.24, 2.45) is 5.41 Å². The van der Waals surface area contributed by atoms with Gasteiger partial charge in [-0.05, 0) is 31.6 Å². The Labute approximate surface area is 142 Å². The second-order valence-corrected chi connectivity index (χ2v) is 6.86. The monoisotopic (exact) mass is 334 g/mol. The molecule has 7 nitrogen and oxygen atoms in total. The van der Waals surface area contributed by atoms with Crippen LogP contribution >= 0.6 is 0 Å². The normalized spacial score (nSPS) is 17.8. The van der Waals surface area contributed by atoms with Crippen LogP contribution in [0.4, 0.5) is 0 Å². The molecule has 1 N–H and O–H groups in total. The highest BCUT2D eigenvalue weighted by atomic mass is 16.5. The Balaban J connectivity index is 2.16. The van der Waals surface area contributed by atoms with E-state index in [1.54, 1.807) is 6.92 Å². The van der Waals surface area contributed by atoms with E-state index < -0.39 is 5.97 Å². The molecule has 1 fully saturated rings. The minimum Gasteiger partial charge on any atom is -0.461 e. The highest BCUT2D eigenvalue weighted by molar-refractivity contribution is 5.88. The average molecular weight is 334 g/mol. The zero-order valence-corrected chi connectivity index (χ0v) is 14.7. The van der Waals surface area contributed by atoms with E-state index in [2.05, 4.69) is 35.8 Å². The van der Waals surface area contributed by atoms with Gasteiger partial charge in [0, 0.05) is 13.0 Å². The van der Waals surface area contributed by atoms with Crippen molar-refractivity contribution in [1.82, 2.24) is 20.3 Å². The fraction of sp³-hybridized carbons (Fsp3) is 0.647. The van der Waals surface area contributed by atoms with E-state index in [-0.39, 0.29) is 29.7 Å². The fourth-order valence-electron chi connectivity index (χ4n) is 3.14. The number of hydrogen-bond donors (Lipinski definition) is 1. The van der Waals surface area contributed by atoms with Crippen molar-refractivity contribution in [3.63, 3.8) is 0 Å². The molecule has 0 spiro atoms. The summed E-state index contributed by atoms with van der Waals surface area (Å²) in [7, 11) is 0. The third-order valence-corrected chi connectivity index (χ3v) is 4.26. The topological polar surface area (TPSA) is 88.2 Å². The second-order valence-electron chi connectivity index (χ2n) is 6.86. The van der Waals surface area contributed by atoms with Gasteiger partial charge in [0.2, 0.25) is 5.91 Å². The molecule has 1 unspecified atom stereocenters. The number of carbonyl (C=O) groups excluding carboxylic acids is 2. The van der Waals surface area contributed by atoms with Gasteiger partial charge in [0.05, 0.1) is 12.6 Å². The molecule has 24 heavy (non-hydrogen) atoms. The van der Waals surface area contributed by atoms with Crippen molar-refractivity contribution in [3.05, 3.63) is 24.0 Å². The molecule has 2 heterocycles. The molecule has 0 radical (unpaired) electrons. The molecule has 1 aromatic heterocycles. The van der Waals surface area contributed by atoms with Gasteiger partial charge in [0.25, 0.3) is 0 Å². The SMILES string of the molecule is C=CCC(C)(C)CC(=O)N1CCCC1c1n[nH]nc1C(=O)OCC. The summed E-state index contributed by atoms with van der Waals surface area (Å²) in [5.41, 5.74) is 0.535. The number of allylic oxidation sites excluding steroid dienone is 1. The standard InChI is InChI=1S/C17H26N4O3/c1-5-9-17(3,4)11-13(22)21-10-7-8-12(21)14-15(19-20-18-14)16(23)24-6-2/h5,12H,1,6-11H2,2-4H3,(H,18,19,20). The summed E-state index contributed by atoms with van der Waals surface area (Å²) in [5.74, 6) is -0.435. The van der Waals surface area contributed by atoms with Crippen LogP contribution in [0, 0.1) is 5.41 Å². The molecular formula is C17H26N4O3. The molecule has 7 heteroatoms. The summed E-state index contributed by atoms with van der Waals surface area (Å²) in [6, 6.07) is -0.227. The van der Waals surface area contributed by atoms with Crippen LogP contribution in [-0.4, -0.2) is 45.3 Å². The van der Waals surface area contributed by atoms with Crippen LogP contribution in [0.1, 0.15) is 68.7 Å². The first-order valence-corrected chi connectivity index (χ1v) is 8.37. The van der Waals surface area contributed by atoms with Crippen LogP contribution < -0.4 is 0 Å². The van der Waals surface area contributed by atoms with Gasteiger partial charge in [-0.2, -0.15) is 10.3 Å². The number of ether oxygens (including phenoxy) is 1. The third kappa shape index (κ3) is 4.01. The molecule has 0 bridgehead atoms. The molecule has 1 aliphatic heterocycles. The molecule has 2 rings (SSSR count). The summed E-state index contributed by atoms with van der Waals surface area (Å²) in [5, 5.41) is 10.5. The molecule has 1 atom stereocenters. The molecule has 0 saturated carbocycles. The smallest absolute Gasteiger partial charge is 0.360 e. The molecule has 1 aliphatic rings. The van der Waals surface area contributed by atoms with Crippen LogP contribution in [0.5, 0.6) is 0 Å². The number of amides is 1. The summed E-state index contributed by atoms with van der Waals surface area (Å²) in [6.45, 7) is 10.5. The fourth-order valence-corrected chi connectivity index (χ4v) is 3.14. The Morgan fingerprint density at radius 2 is 2.21 bits per heavy atom. The Kier molecular flexibility index (Phi) is 5.75. The summed E-state index contributed by atoms with van der Waals surface area (Å²) in [6.07, 6.45) is 4.70. The predicted molar refractivity (Wildman–Crippen MR) is 89.2 cm³/mol. The number of esters is 1. The van der Waals surface area contributed by atoms with Crippen molar-refractivity contribution in [2.75, 3.05) is 13.2 Å². The van der Waals surface area contributed by atoms with E-state index in [0.29, 0.717) is 18.7 Å². The van der Waals surface area contributed by atoms with E-state index in [1.165, 1.54) is 0 Å². The Morgan fingerprint density at radius 3 is 2.88 bits per heavy atom. The molecular weight excluding hydrogens is 308 g/mol. The van der Waals surface area contributed by atoms with Crippen LogP contribution in [0.25, 0.3) is 0 Å². The van der Waals surface area contributed by atoms with Crippen LogP contribution in [0.3, 0.4) is 0 Å². The maximum Gasteiger partial charge on any atom is 0.360 e. The van der Waals surface area contributed by atoms with Gasteiger partial charge in [-0.1, -0.05) is 19.9 Å². The maximum absolute atomic E-state index is 12.8. The van der Waals surface area contributed by atoms with Crippen molar-refractivity contribution >= 4 is 11.9 Å². The average Bonchev–Trinajstić information content (AvgIpc) is 3.15. The van der Waals surface area contributed by atoms with Crippen molar-refractivity contribution in [2.45, 2.75) is 52.5 Å². The van der Waals surface area contributed by atoms with E-state index in [4.69, 9.17) is 4.74 Å². The number of nitrogens with zero attached hydrogens (tertiary/aromatic N) is 3. The van der Waals surface area contributed by atoms with Gasteiger partial charge >= 0.3 is 5.97 Å². The molecule has 1 saturated heterocycles. The number of aromatic nitrogens is 3. The minimum absolute atomic E-state index is 0.0714. The Morgan fingerprint density at radius 1 is 1.46 bits per heavy atom. The van der Waals surface area contributed by atoms with E-state index in [9.17, 15) is 9.59 Å². The summed E-state index contributed by atoms with van der Waals surface area (Å²) >= 11 is 0. The quantitative estimate of drug-likeness (QED) is 0.612. The van der Waals surface area contributed by atoms with Crippen molar-refractivity contribution in [3.8, 4) is 0 Å². The van der Waals surface area contributed by atoms with Crippen LogP contribution in [0.15, 0.2) is 12.7 Å². The first-order valence-electron chi connectivity index (χ1n) is 8.37. The van der Waals surface area contributed by atoms with Crippen molar-refractivity contribution < 1.29 is 14.3 Å². The number of rotatable bonds is 7. The Bertz CT molecular complexity index is 609. The molecule has 1 amide bonds. The van der Waals surface area contributed by atoms with E-state index in [0.717, 1.165) is 19.3 Å². The first-order chi connectivity index (χ1) is 11.4. The van der Waals surface area contributed by atoms with Gasteiger partial charge in [-0.3, -0.25) is 4.79 Å². The summed E-state index contributed by atoms with van der Waals surface area (Å²) in [4.78, 5) is 26.6. The number of hydrogen-bond acceptors (Lipinski definition) is 5. The predicted octanol–water partition coefficient (Wildman–Crippen LogP) is 2.64. The zero-order valence-electron chi connectivity index (χ0n) is 14.7. The lowest BCUT2D eigenvalue weighted by molar-refractivity contribution is -0.134. The first kappa shape index (κ1) is 18.2. The molecule has 1 aromatic rings. The lowest BCUT2D eigenvalue weighted by Crippen LogP contribution is -2.34. The van der Waals surface area contributed by atoms with Crippen LogP contribution in [-0.2, 0) is 9.53 Å². The lowest BCUT2D eigenvalue weighted by atomic mass is 9.85. The minimum atomic E-state index is -0.507. The largest absolute Gasteiger partial charge is 0.461 e. The van der Waals surface area contributed by atoms with Gasteiger partial charge in [0.15, 0.2) is 5.69 Å². The van der Waals surface area contributed by atoms with E-state index in [1.807, 2.05) is 11.0 Å².